The van der Waals surface area contributed by atoms with E-state index in [0.29, 0.717) is 22.9 Å². The quantitative estimate of drug-likeness (QED) is 0.500. The van der Waals surface area contributed by atoms with Gasteiger partial charge in [0.15, 0.2) is 6.29 Å². The number of hydrogen-bond donors (Lipinski definition) is 2. The van der Waals surface area contributed by atoms with Crippen LogP contribution < -0.4 is 5.32 Å². The second-order valence-electron chi connectivity index (χ2n) is 8.65. The van der Waals surface area contributed by atoms with Crippen molar-refractivity contribution in [2.75, 3.05) is 6.54 Å². The van der Waals surface area contributed by atoms with Crippen molar-refractivity contribution in [1.29, 1.82) is 0 Å². The Hall–Kier alpha value is -3.10. The van der Waals surface area contributed by atoms with Gasteiger partial charge in [-0.3, -0.25) is 4.79 Å². The fourth-order valence-electron chi connectivity index (χ4n) is 3.14. The Morgan fingerprint density at radius 3 is 2.34 bits per heavy atom. The molecule has 0 bridgehead atoms. The molecule has 1 amide bonds. The van der Waals surface area contributed by atoms with E-state index in [4.69, 9.17) is 14.0 Å². The van der Waals surface area contributed by atoms with Gasteiger partial charge in [0.05, 0.1) is 11.2 Å². The van der Waals surface area contributed by atoms with Crippen LogP contribution in [0.15, 0.2) is 54.0 Å². The predicted molar refractivity (Wildman–Crippen MR) is 122 cm³/mol. The summed E-state index contributed by atoms with van der Waals surface area (Å²) in [6.07, 6.45) is 1.80. The van der Waals surface area contributed by atoms with Crippen molar-refractivity contribution in [3.8, 4) is 5.75 Å². The number of nitrogens with one attached hydrogen (secondary N) is 1. The maximum absolute atomic E-state index is 12.3. The molecule has 168 valence electrons. The zero-order chi connectivity index (χ0) is 23.4. The first-order valence-electron chi connectivity index (χ1n) is 10.4. The smallest absolute Gasteiger partial charge is 0.492 e. The van der Waals surface area contributed by atoms with Gasteiger partial charge in [-0.2, -0.15) is 0 Å². The molecular formula is C24H28BNO6. The topological polar surface area (TPSA) is 94.1 Å². The van der Waals surface area contributed by atoms with E-state index >= 15 is 0 Å². The minimum atomic E-state index is -0.734. The lowest BCUT2D eigenvalue weighted by molar-refractivity contribution is 0.00578. The lowest BCUT2D eigenvalue weighted by Crippen LogP contribution is -2.41. The summed E-state index contributed by atoms with van der Waals surface area (Å²) in [4.78, 5) is 23.8. The van der Waals surface area contributed by atoms with E-state index in [-0.39, 0.29) is 18.9 Å². The number of amides is 1. The highest BCUT2D eigenvalue weighted by atomic mass is 16.7. The normalized spacial score (nSPS) is 17.1. The first-order chi connectivity index (χ1) is 15.1. The van der Waals surface area contributed by atoms with Gasteiger partial charge in [-0.1, -0.05) is 42.5 Å². The third-order valence-corrected chi connectivity index (χ3v) is 5.74. The van der Waals surface area contributed by atoms with Crippen molar-refractivity contribution in [1.82, 2.24) is 5.32 Å². The van der Waals surface area contributed by atoms with Crippen LogP contribution in [0.4, 0.5) is 4.79 Å². The van der Waals surface area contributed by atoms with E-state index < -0.39 is 24.4 Å². The van der Waals surface area contributed by atoms with Crippen LogP contribution in [0.25, 0.3) is 6.08 Å². The molecule has 0 saturated carbocycles. The lowest BCUT2D eigenvalue weighted by atomic mass is 9.76. The fourth-order valence-corrected chi connectivity index (χ4v) is 3.14. The average molecular weight is 437 g/mol. The lowest BCUT2D eigenvalue weighted by Gasteiger charge is -2.32. The largest absolute Gasteiger partial charge is 0.508 e. The van der Waals surface area contributed by atoms with Gasteiger partial charge >= 0.3 is 13.2 Å². The number of phenols is 1. The Kier molecular flexibility index (Phi) is 7.06. The number of carbonyl (C=O) groups excluding carboxylic acids is 2. The molecule has 0 aromatic heterocycles. The number of carbonyl (C=O) groups is 2. The highest BCUT2D eigenvalue weighted by Gasteiger charge is 2.52. The highest BCUT2D eigenvalue weighted by Crippen LogP contribution is 2.38. The Labute approximate surface area is 188 Å². The Bertz CT molecular complexity index is 987. The molecule has 1 aliphatic rings. The fraction of sp³-hybridized carbons (Fsp3) is 0.333. The van der Waals surface area contributed by atoms with Crippen LogP contribution in [0.2, 0.25) is 0 Å². The van der Waals surface area contributed by atoms with E-state index in [0.717, 1.165) is 5.56 Å². The molecule has 2 N–H and O–H groups in total. The number of aldehydes is 1. The molecule has 3 rings (SSSR count). The van der Waals surface area contributed by atoms with Gasteiger partial charge in [0.25, 0.3) is 0 Å². The summed E-state index contributed by atoms with van der Waals surface area (Å²) in [5.74, 6) is -0.0101. The summed E-state index contributed by atoms with van der Waals surface area (Å²) in [5.41, 5.74) is 1.21. The highest BCUT2D eigenvalue weighted by molar-refractivity contribution is 6.56. The molecule has 0 radical (unpaired) electrons. The van der Waals surface area contributed by atoms with Crippen LogP contribution in [0.1, 0.15) is 49.2 Å². The number of phenolic OH excluding ortho intramolecular Hbond substituents is 1. The van der Waals surface area contributed by atoms with Gasteiger partial charge in [0.2, 0.25) is 0 Å². The van der Waals surface area contributed by atoms with E-state index in [1.807, 2.05) is 58.0 Å². The first-order valence-corrected chi connectivity index (χ1v) is 10.4. The first kappa shape index (κ1) is 23.6. The molecule has 0 unspecified atom stereocenters. The molecule has 32 heavy (non-hydrogen) atoms. The number of rotatable bonds is 7. The summed E-state index contributed by atoms with van der Waals surface area (Å²) in [6, 6.07) is 13.9. The van der Waals surface area contributed by atoms with Gasteiger partial charge in [-0.15, -0.1) is 0 Å². The molecule has 0 aliphatic carbocycles. The minimum absolute atomic E-state index is 0.0101. The van der Waals surface area contributed by atoms with Crippen molar-refractivity contribution in [3.05, 3.63) is 70.7 Å². The maximum atomic E-state index is 12.3. The molecule has 1 heterocycles. The molecule has 2 aromatic rings. The van der Waals surface area contributed by atoms with Crippen molar-refractivity contribution in [2.24, 2.45) is 0 Å². The summed E-state index contributed by atoms with van der Waals surface area (Å²) in [7, 11) is -0.734. The Morgan fingerprint density at radius 2 is 1.72 bits per heavy atom. The number of hydrogen-bond acceptors (Lipinski definition) is 6. The number of alkyl carbamates (subject to hydrolysis) is 1. The van der Waals surface area contributed by atoms with Crippen LogP contribution in [-0.2, 0) is 20.7 Å². The van der Waals surface area contributed by atoms with Gasteiger partial charge in [-0.05, 0) is 56.4 Å². The van der Waals surface area contributed by atoms with Crippen molar-refractivity contribution in [2.45, 2.75) is 45.5 Å². The average Bonchev–Trinajstić information content (AvgIpc) is 2.97. The summed E-state index contributed by atoms with van der Waals surface area (Å²) < 4.78 is 17.6. The maximum Gasteiger partial charge on any atom is 0.492 e. The van der Waals surface area contributed by atoms with E-state index in [1.165, 1.54) is 12.1 Å². The van der Waals surface area contributed by atoms with Gasteiger partial charge < -0.3 is 24.5 Å². The van der Waals surface area contributed by atoms with E-state index in [2.05, 4.69) is 5.32 Å². The van der Waals surface area contributed by atoms with Gasteiger partial charge in [0, 0.05) is 12.1 Å². The molecule has 2 aromatic carbocycles. The second kappa shape index (κ2) is 9.59. The van der Waals surface area contributed by atoms with Crippen molar-refractivity contribution < 1.29 is 28.7 Å². The number of ether oxygens (including phenoxy) is 1. The van der Waals surface area contributed by atoms with Crippen LogP contribution in [-0.4, -0.2) is 42.4 Å². The molecule has 1 aliphatic heterocycles. The molecule has 0 atom stereocenters. The molecule has 1 saturated heterocycles. The Balaban J connectivity index is 1.78. The standard InChI is InChI=1S/C24H28BNO6/c1-23(2)24(3,4)32-25(31-23)20(12-18-10-11-21(28)13-19(18)15-27)14-26-22(29)30-16-17-8-6-5-7-9-17/h5-13,15,28H,14,16H2,1-4H3,(H,26,29). The third-order valence-electron chi connectivity index (χ3n) is 5.74. The molecular weight excluding hydrogens is 409 g/mol. The van der Waals surface area contributed by atoms with Crippen LogP contribution in [0, 0.1) is 0 Å². The Morgan fingerprint density at radius 1 is 1.06 bits per heavy atom. The van der Waals surface area contributed by atoms with Gasteiger partial charge in [-0.25, -0.2) is 4.79 Å². The summed E-state index contributed by atoms with van der Waals surface area (Å²) in [5, 5.41) is 12.4. The predicted octanol–water partition coefficient (Wildman–Crippen LogP) is 4.15. The molecule has 0 spiro atoms. The minimum Gasteiger partial charge on any atom is -0.508 e. The monoisotopic (exact) mass is 437 g/mol. The summed E-state index contributed by atoms with van der Waals surface area (Å²) in [6.45, 7) is 7.97. The van der Waals surface area contributed by atoms with Crippen LogP contribution in [0.5, 0.6) is 5.75 Å². The van der Waals surface area contributed by atoms with Crippen molar-refractivity contribution in [3.63, 3.8) is 0 Å². The van der Waals surface area contributed by atoms with Gasteiger partial charge in [0.1, 0.15) is 12.4 Å². The number of aromatic hydroxyl groups is 1. The van der Waals surface area contributed by atoms with Crippen LogP contribution >= 0.6 is 0 Å². The van der Waals surface area contributed by atoms with Crippen molar-refractivity contribution >= 4 is 25.6 Å². The van der Waals surface area contributed by atoms with E-state index in [1.54, 1.807) is 12.1 Å². The molecule has 7 nitrogen and oxygen atoms in total. The van der Waals surface area contributed by atoms with Crippen LogP contribution in [0.3, 0.4) is 0 Å². The summed E-state index contributed by atoms with van der Waals surface area (Å²) >= 11 is 0. The second-order valence-corrected chi connectivity index (χ2v) is 8.65. The zero-order valence-electron chi connectivity index (χ0n) is 18.8. The van der Waals surface area contributed by atoms with E-state index in [9.17, 15) is 14.7 Å². The molecule has 1 fully saturated rings. The zero-order valence-corrected chi connectivity index (χ0v) is 18.8. The third kappa shape index (κ3) is 5.58. The number of benzene rings is 2. The molecule has 8 heteroatoms. The SMILES string of the molecule is CC1(C)OB(C(=Cc2ccc(O)cc2C=O)CNC(=O)OCc2ccccc2)OC1(C)C.